The third kappa shape index (κ3) is 4.22. The molecule has 0 saturated heterocycles. The van der Waals surface area contributed by atoms with E-state index >= 15 is 0 Å². The van der Waals surface area contributed by atoms with Crippen LogP contribution in [0.1, 0.15) is 12.0 Å². The van der Waals surface area contributed by atoms with Gasteiger partial charge in [-0.05, 0) is 18.2 Å². The van der Waals surface area contributed by atoms with Gasteiger partial charge in [-0.25, -0.2) is 4.98 Å². The third-order valence-electron chi connectivity index (χ3n) is 2.92. The van der Waals surface area contributed by atoms with Gasteiger partial charge < -0.3 is 15.2 Å². The van der Waals surface area contributed by atoms with Crippen LogP contribution in [0.15, 0.2) is 24.3 Å². The summed E-state index contributed by atoms with van der Waals surface area (Å²) in [6, 6.07) is 7.07. The van der Waals surface area contributed by atoms with E-state index in [1.165, 1.54) is 0 Å². The number of pyridine rings is 1. The minimum atomic E-state index is -4.22. The first kappa shape index (κ1) is 15.4. The first-order valence-corrected chi connectivity index (χ1v) is 6.27. The van der Waals surface area contributed by atoms with Gasteiger partial charge in [-0.15, -0.1) is 0 Å². The number of hydrogen-bond donors (Lipinski definition) is 1. The molecule has 2 rings (SSSR count). The molecule has 114 valence electrons. The fourth-order valence-corrected chi connectivity index (χ4v) is 1.82. The van der Waals surface area contributed by atoms with Crippen LogP contribution >= 0.6 is 0 Å². The van der Waals surface area contributed by atoms with E-state index in [0.717, 1.165) is 5.39 Å². The number of methoxy groups -OCH3 is 1. The largest absolute Gasteiger partial charge is 0.497 e. The number of nitrogen functional groups attached to an aromatic ring is 1. The zero-order valence-corrected chi connectivity index (χ0v) is 11.4. The lowest BCUT2D eigenvalue weighted by atomic mass is 10.1. The van der Waals surface area contributed by atoms with Crippen molar-refractivity contribution in [3.63, 3.8) is 0 Å². The summed E-state index contributed by atoms with van der Waals surface area (Å²) in [5, 5.41) is 0.819. The maximum atomic E-state index is 12.0. The molecule has 1 aromatic heterocycles. The lowest BCUT2D eigenvalue weighted by Gasteiger charge is -2.10. The van der Waals surface area contributed by atoms with E-state index in [9.17, 15) is 13.2 Å². The van der Waals surface area contributed by atoms with Crippen LogP contribution in [0.3, 0.4) is 0 Å². The molecule has 1 aromatic carbocycles. The first-order chi connectivity index (χ1) is 9.89. The Morgan fingerprint density at radius 1 is 1.24 bits per heavy atom. The molecule has 0 amide bonds. The summed E-state index contributed by atoms with van der Waals surface area (Å²) in [4.78, 5) is 4.21. The molecule has 0 spiro atoms. The van der Waals surface area contributed by atoms with E-state index in [0.29, 0.717) is 16.8 Å². The molecule has 0 aliphatic carbocycles. The van der Waals surface area contributed by atoms with Gasteiger partial charge in [0.15, 0.2) is 0 Å². The van der Waals surface area contributed by atoms with Gasteiger partial charge in [0, 0.05) is 17.0 Å². The number of nitrogens with two attached hydrogens (primary N) is 1. The SMILES string of the molecule is COc1ccc2cc(COCCC(F)(F)F)c(N)nc2c1. The number of aromatic nitrogens is 1. The standard InChI is InChI=1S/C14H15F3N2O2/c1-20-11-3-2-9-6-10(13(18)19-12(9)7-11)8-21-5-4-14(15,16)17/h2-3,6-7H,4-5,8H2,1H3,(H2,18,19). The first-order valence-electron chi connectivity index (χ1n) is 6.27. The van der Waals surface area contributed by atoms with Crippen molar-refractivity contribution in [2.45, 2.75) is 19.2 Å². The normalized spacial score (nSPS) is 11.8. The molecule has 21 heavy (non-hydrogen) atoms. The van der Waals surface area contributed by atoms with E-state index in [2.05, 4.69) is 4.98 Å². The smallest absolute Gasteiger partial charge is 0.391 e. The molecule has 4 nitrogen and oxygen atoms in total. The number of alkyl halides is 3. The van der Waals surface area contributed by atoms with Crippen LogP contribution in [0.4, 0.5) is 19.0 Å². The fourth-order valence-electron chi connectivity index (χ4n) is 1.82. The Morgan fingerprint density at radius 3 is 2.67 bits per heavy atom. The Kier molecular flexibility index (Phi) is 4.52. The number of halogens is 3. The van der Waals surface area contributed by atoms with Gasteiger partial charge >= 0.3 is 6.18 Å². The molecular formula is C14H15F3N2O2. The summed E-state index contributed by atoms with van der Waals surface area (Å²) >= 11 is 0. The molecule has 0 saturated carbocycles. The van der Waals surface area contributed by atoms with Crippen molar-refractivity contribution in [2.75, 3.05) is 19.5 Å². The second kappa shape index (κ2) is 6.17. The number of nitrogens with zero attached hydrogens (tertiary/aromatic N) is 1. The molecule has 2 aromatic rings. The van der Waals surface area contributed by atoms with E-state index in [1.54, 1.807) is 31.4 Å². The van der Waals surface area contributed by atoms with Gasteiger partial charge in [0.1, 0.15) is 11.6 Å². The number of fused-ring (bicyclic) bond motifs is 1. The van der Waals surface area contributed by atoms with E-state index in [4.69, 9.17) is 15.2 Å². The van der Waals surface area contributed by atoms with Gasteiger partial charge in [-0.2, -0.15) is 13.2 Å². The van der Waals surface area contributed by atoms with Gasteiger partial charge in [0.25, 0.3) is 0 Å². The quantitative estimate of drug-likeness (QED) is 0.861. The number of rotatable bonds is 5. The fraction of sp³-hybridized carbons (Fsp3) is 0.357. The average molecular weight is 300 g/mol. The Bertz CT molecular complexity index is 629. The maximum Gasteiger partial charge on any atom is 0.391 e. The number of anilines is 1. The molecular weight excluding hydrogens is 285 g/mol. The average Bonchev–Trinajstić information content (AvgIpc) is 2.42. The van der Waals surface area contributed by atoms with Crippen LogP contribution in [0, 0.1) is 0 Å². The van der Waals surface area contributed by atoms with Crippen molar-refractivity contribution in [1.82, 2.24) is 4.98 Å². The molecule has 1 heterocycles. The van der Waals surface area contributed by atoms with Crippen LogP contribution in [-0.4, -0.2) is 24.9 Å². The van der Waals surface area contributed by atoms with Gasteiger partial charge in [0.2, 0.25) is 0 Å². The summed E-state index contributed by atoms with van der Waals surface area (Å²) in [5.41, 5.74) is 7.01. The minimum Gasteiger partial charge on any atom is -0.497 e. The molecule has 0 aliphatic rings. The zero-order chi connectivity index (χ0) is 15.5. The highest BCUT2D eigenvalue weighted by Gasteiger charge is 2.26. The molecule has 2 N–H and O–H groups in total. The Hall–Kier alpha value is -2.02. The molecule has 0 atom stereocenters. The van der Waals surface area contributed by atoms with Gasteiger partial charge in [-0.1, -0.05) is 0 Å². The highest BCUT2D eigenvalue weighted by molar-refractivity contribution is 5.82. The lowest BCUT2D eigenvalue weighted by Crippen LogP contribution is -2.12. The second-order valence-corrected chi connectivity index (χ2v) is 4.51. The van der Waals surface area contributed by atoms with Gasteiger partial charge in [-0.3, -0.25) is 0 Å². The van der Waals surface area contributed by atoms with Gasteiger partial charge in [0.05, 0.1) is 32.3 Å². The summed E-state index contributed by atoms with van der Waals surface area (Å²) < 4.78 is 46.1. The van der Waals surface area contributed by atoms with Crippen LogP contribution in [0.5, 0.6) is 5.75 Å². The van der Waals surface area contributed by atoms with E-state index in [-0.39, 0.29) is 12.4 Å². The van der Waals surface area contributed by atoms with E-state index in [1.807, 2.05) is 0 Å². The van der Waals surface area contributed by atoms with Crippen molar-refractivity contribution < 1.29 is 22.6 Å². The maximum absolute atomic E-state index is 12.0. The summed E-state index contributed by atoms with van der Waals surface area (Å²) in [7, 11) is 1.55. The highest BCUT2D eigenvalue weighted by atomic mass is 19.4. The zero-order valence-electron chi connectivity index (χ0n) is 11.4. The van der Waals surface area contributed by atoms with Crippen LogP contribution < -0.4 is 10.5 Å². The third-order valence-corrected chi connectivity index (χ3v) is 2.92. The van der Waals surface area contributed by atoms with Crippen LogP contribution in [0.25, 0.3) is 10.9 Å². The molecule has 0 unspecified atom stereocenters. The predicted molar refractivity (Wildman–Crippen MR) is 73.0 cm³/mol. The molecule has 7 heteroatoms. The minimum absolute atomic E-state index is 0.00309. The van der Waals surface area contributed by atoms with E-state index < -0.39 is 19.2 Å². The molecule has 0 radical (unpaired) electrons. The topological polar surface area (TPSA) is 57.4 Å². The molecule has 0 bridgehead atoms. The summed E-state index contributed by atoms with van der Waals surface area (Å²) in [6.07, 6.45) is -5.20. The number of benzene rings is 1. The Labute approximate surface area is 119 Å². The van der Waals surface area contributed by atoms with Crippen molar-refractivity contribution in [3.8, 4) is 5.75 Å². The van der Waals surface area contributed by atoms with Crippen molar-refractivity contribution >= 4 is 16.7 Å². The van der Waals surface area contributed by atoms with Crippen LogP contribution in [0.2, 0.25) is 0 Å². The van der Waals surface area contributed by atoms with Crippen molar-refractivity contribution in [3.05, 3.63) is 29.8 Å². The monoisotopic (exact) mass is 300 g/mol. The second-order valence-electron chi connectivity index (χ2n) is 4.51. The number of ether oxygens (including phenoxy) is 2. The lowest BCUT2D eigenvalue weighted by molar-refractivity contribution is -0.146. The molecule has 0 fully saturated rings. The predicted octanol–water partition coefficient (Wildman–Crippen LogP) is 3.29. The molecule has 0 aliphatic heterocycles. The highest BCUT2D eigenvalue weighted by Crippen LogP contribution is 2.24. The summed E-state index contributed by atoms with van der Waals surface area (Å²) in [6.45, 7) is -0.402. The van der Waals surface area contributed by atoms with Crippen molar-refractivity contribution in [2.24, 2.45) is 0 Å². The summed E-state index contributed by atoms with van der Waals surface area (Å²) in [5.74, 6) is 0.895. The Morgan fingerprint density at radius 2 is 2.00 bits per heavy atom. The van der Waals surface area contributed by atoms with Crippen molar-refractivity contribution in [1.29, 1.82) is 0 Å². The Balaban J connectivity index is 2.08. The number of hydrogen-bond acceptors (Lipinski definition) is 4. The van der Waals surface area contributed by atoms with Crippen LogP contribution in [-0.2, 0) is 11.3 Å².